The standard InChI is InChI=1S/C22H28O8/c1-6-12(2)19(24)28-16-10-22(5)17(30-22)7-8-21(4,26)9-15-18(16)14(20(25)29-15)11-27-13(3)23/h6,9,16-17,26H,7-8,10-11H2,1-5H3. The summed E-state index contributed by atoms with van der Waals surface area (Å²) in [5.74, 6) is -1.68. The van der Waals surface area contributed by atoms with Crippen LogP contribution in [0.2, 0.25) is 0 Å². The summed E-state index contributed by atoms with van der Waals surface area (Å²) in [5, 5.41) is 10.8. The van der Waals surface area contributed by atoms with Crippen molar-refractivity contribution in [3.8, 4) is 0 Å². The molecular weight excluding hydrogens is 392 g/mol. The van der Waals surface area contributed by atoms with Gasteiger partial charge in [0.1, 0.15) is 18.5 Å². The van der Waals surface area contributed by atoms with Crippen molar-refractivity contribution in [3.05, 3.63) is 34.6 Å². The fourth-order valence-electron chi connectivity index (χ4n) is 3.77. The molecule has 0 aromatic rings. The number of rotatable bonds is 4. The lowest BCUT2D eigenvalue weighted by atomic mass is 9.86. The molecule has 0 saturated carbocycles. The lowest BCUT2D eigenvalue weighted by molar-refractivity contribution is -0.144. The summed E-state index contributed by atoms with van der Waals surface area (Å²) >= 11 is 0. The van der Waals surface area contributed by atoms with Crippen LogP contribution < -0.4 is 0 Å². The maximum Gasteiger partial charge on any atom is 0.343 e. The van der Waals surface area contributed by atoms with Gasteiger partial charge in [-0.3, -0.25) is 4.79 Å². The molecule has 1 N–H and O–H groups in total. The van der Waals surface area contributed by atoms with Gasteiger partial charge in [0.2, 0.25) is 0 Å². The van der Waals surface area contributed by atoms with E-state index in [4.69, 9.17) is 18.9 Å². The monoisotopic (exact) mass is 420 g/mol. The molecule has 3 rings (SSSR count). The molecule has 0 radical (unpaired) electrons. The van der Waals surface area contributed by atoms with Crippen LogP contribution in [0.4, 0.5) is 0 Å². The number of epoxide rings is 1. The van der Waals surface area contributed by atoms with Crippen molar-refractivity contribution in [1.29, 1.82) is 0 Å². The van der Waals surface area contributed by atoms with E-state index in [0.717, 1.165) is 0 Å². The van der Waals surface area contributed by atoms with Gasteiger partial charge in [0.25, 0.3) is 0 Å². The third kappa shape index (κ3) is 4.65. The maximum atomic E-state index is 12.6. The summed E-state index contributed by atoms with van der Waals surface area (Å²) in [7, 11) is 0. The van der Waals surface area contributed by atoms with Crippen molar-refractivity contribution >= 4 is 17.9 Å². The highest BCUT2D eigenvalue weighted by Crippen LogP contribution is 2.48. The van der Waals surface area contributed by atoms with Gasteiger partial charge in [0.15, 0.2) is 0 Å². The van der Waals surface area contributed by atoms with E-state index in [1.807, 2.05) is 6.92 Å². The van der Waals surface area contributed by atoms with Crippen LogP contribution in [0.25, 0.3) is 0 Å². The number of allylic oxidation sites excluding steroid dienone is 1. The zero-order valence-corrected chi connectivity index (χ0v) is 17.9. The number of carbonyl (C=O) groups is 3. The lowest BCUT2D eigenvalue weighted by Gasteiger charge is -2.26. The maximum absolute atomic E-state index is 12.6. The zero-order valence-electron chi connectivity index (χ0n) is 17.9. The molecule has 4 unspecified atom stereocenters. The molecule has 8 heteroatoms. The Labute approximate surface area is 175 Å². The van der Waals surface area contributed by atoms with Crippen LogP contribution in [0, 0.1) is 0 Å². The van der Waals surface area contributed by atoms with Gasteiger partial charge < -0.3 is 24.1 Å². The minimum Gasteiger partial charge on any atom is -0.461 e. The van der Waals surface area contributed by atoms with Gasteiger partial charge in [-0.05, 0) is 46.6 Å². The molecule has 3 aliphatic rings. The Hall–Kier alpha value is -2.45. The highest BCUT2D eigenvalue weighted by molar-refractivity contribution is 5.96. The van der Waals surface area contributed by atoms with Crippen LogP contribution in [0.5, 0.6) is 0 Å². The lowest BCUT2D eigenvalue weighted by Crippen LogP contribution is -2.31. The molecule has 1 saturated heterocycles. The molecule has 30 heavy (non-hydrogen) atoms. The van der Waals surface area contributed by atoms with Crippen LogP contribution in [0.15, 0.2) is 34.6 Å². The normalized spacial score (nSPS) is 33.7. The van der Waals surface area contributed by atoms with E-state index in [-0.39, 0.29) is 24.0 Å². The molecule has 0 spiro atoms. The first-order valence-corrected chi connectivity index (χ1v) is 10.0. The summed E-state index contributed by atoms with van der Waals surface area (Å²) in [5.41, 5.74) is -1.04. The second-order valence-electron chi connectivity index (χ2n) is 8.46. The molecular formula is C22H28O8. The molecule has 0 bridgehead atoms. The van der Waals surface area contributed by atoms with E-state index in [9.17, 15) is 19.5 Å². The molecule has 0 aromatic carbocycles. The van der Waals surface area contributed by atoms with Crippen molar-refractivity contribution in [3.63, 3.8) is 0 Å². The number of carbonyl (C=O) groups excluding carboxylic acids is 3. The van der Waals surface area contributed by atoms with Crippen LogP contribution >= 0.6 is 0 Å². The van der Waals surface area contributed by atoms with Gasteiger partial charge in [0, 0.05) is 24.5 Å². The molecule has 0 aromatic heterocycles. The molecule has 8 nitrogen and oxygen atoms in total. The summed E-state index contributed by atoms with van der Waals surface area (Å²) in [6.45, 7) is 7.79. The van der Waals surface area contributed by atoms with E-state index >= 15 is 0 Å². The van der Waals surface area contributed by atoms with E-state index in [1.54, 1.807) is 26.8 Å². The Kier molecular flexibility index (Phi) is 5.93. The SMILES string of the molecule is CC=C(C)C(=O)OC1CC2(C)OC2CCC(C)(O)C=C2OC(=O)C(COC(C)=O)=C21. The third-order valence-corrected chi connectivity index (χ3v) is 5.77. The Balaban J connectivity index is 2.10. The molecule has 1 fully saturated rings. The number of esters is 3. The fraction of sp³-hybridized carbons (Fsp3) is 0.591. The Morgan fingerprint density at radius 1 is 1.33 bits per heavy atom. The van der Waals surface area contributed by atoms with Crippen molar-refractivity contribution in [1.82, 2.24) is 0 Å². The largest absolute Gasteiger partial charge is 0.461 e. The van der Waals surface area contributed by atoms with E-state index in [1.165, 1.54) is 13.0 Å². The van der Waals surface area contributed by atoms with Crippen LogP contribution in [0.3, 0.4) is 0 Å². The average Bonchev–Trinajstić information content (AvgIpc) is 3.19. The first kappa shape index (κ1) is 22.2. The van der Waals surface area contributed by atoms with E-state index in [0.29, 0.717) is 30.4 Å². The topological polar surface area (TPSA) is 112 Å². The van der Waals surface area contributed by atoms with Crippen molar-refractivity contribution in [2.75, 3.05) is 6.61 Å². The number of hydrogen-bond donors (Lipinski definition) is 1. The Bertz CT molecular complexity index is 862. The predicted octanol–water partition coefficient (Wildman–Crippen LogP) is 2.26. The summed E-state index contributed by atoms with van der Waals surface area (Å²) in [6.07, 6.45) is 3.42. The number of fused-ring (bicyclic) bond motifs is 2. The quantitative estimate of drug-likeness (QED) is 0.319. The Morgan fingerprint density at radius 2 is 2.03 bits per heavy atom. The molecule has 0 amide bonds. The van der Waals surface area contributed by atoms with Crippen molar-refractivity contribution in [2.24, 2.45) is 0 Å². The minimum atomic E-state index is -1.27. The van der Waals surface area contributed by atoms with Crippen LogP contribution in [0.1, 0.15) is 53.9 Å². The summed E-state index contributed by atoms with van der Waals surface area (Å²) in [4.78, 5) is 36.5. The van der Waals surface area contributed by atoms with Crippen molar-refractivity contribution in [2.45, 2.75) is 77.3 Å². The average molecular weight is 420 g/mol. The Morgan fingerprint density at radius 3 is 2.67 bits per heavy atom. The zero-order chi connectivity index (χ0) is 22.3. The van der Waals surface area contributed by atoms with Crippen LogP contribution in [-0.4, -0.2) is 53.0 Å². The summed E-state index contributed by atoms with van der Waals surface area (Å²) < 4.78 is 22.1. The van der Waals surface area contributed by atoms with Crippen LogP contribution in [-0.2, 0) is 33.3 Å². The number of hydrogen-bond acceptors (Lipinski definition) is 8. The van der Waals surface area contributed by atoms with E-state index in [2.05, 4.69) is 0 Å². The second-order valence-corrected chi connectivity index (χ2v) is 8.46. The third-order valence-electron chi connectivity index (χ3n) is 5.77. The predicted molar refractivity (Wildman–Crippen MR) is 105 cm³/mol. The van der Waals surface area contributed by atoms with Gasteiger partial charge in [-0.15, -0.1) is 0 Å². The first-order chi connectivity index (χ1) is 14.0. The summed E-state index contributed by atoms with van der Waals surface area (Å²) in [6, 6.07) is 0. The van der Waals surface area contributed by atoms with Crippen molar-refractivity contribution < 1.29 is 38.4 Å². The minimum absolute atomic E-state index is 0.0876. The molecule has 2 aliphatic heterocycles. The fourth-order valence-corrected chi connectivity index (χ4v) is 3.77. The van der Waals surface area contributed by atoms with Gasteiger partial charge >= 0.3 is 17.9 Å². The molecule has 2 heterocycles. The molecule has 164 valence electrons. The first-order valence-electron chi connectivity index (χ1n) is 10.0. The van der Waals surface area contributed by atoms with Gasteiger partial charge in [-0.2, -0.15) is 0 Å². The van der Waals surface area contributed by atoms with Gasteiger partial charge in [-0.1, -0.05) is 6.08 Å². The number of ether oxygens (including phenoxy) is 4. The van der Waals surface area contributed by atoms with Gasteiger partial charge in [0.05, 0.1) is 22.9 Å². The highest BCUT2D eigenvalue weighted by atomic mass is 16.6. The number of aliphatic hydroxyl groups is 1. The second kappa shape index (κ2) is 8.00. The smallest absolute Gasteiger partial charge is 0.343 e. The molecule has 1 aliphatic carbocycles. The highest BCUT2D eigenvalue weighted by Gasteiger charge is 2.55. The molecule has 4 atom stereocenters. The van der Waals surface area contributed by atoms with E-state index < -0.39 is 35.2 Å². The van der Waals surface area contributed by atoms with Gasteiger partial charge in [-0.25, -0.2) is 9.59 Å².